The van der Waals surface area contributed by atoms with E-state index in [1.165, 1.54) is 0 Å². The highest BCUT2D eigenvalue weighted by molar-refractivity contribution is 5.79. The molecule has 7 heteroatoms. The predicted molar refractivity (Wildman–Crippen MR) is 98.7 cm³/mol. The Morgan fingerprint density at radius 3 is 2.31 bits per heavy atom. The van der Waals surface area contributed by atoms with Gasteiger partial charge in [0.2, 0.25) is 0 Å². The van der Waals surface area contributed by atoms with Crippen molar-refractivity contribution in [3.05, 3.63) is 53.3 Å². The average molecular weight is 361 g/mol. The molecule has 2 rings (SSSR count). The van der Waals surface area contributed by atoms with Gasteiger partial charge in [-0.1, -0.05) is 44.2 Å². The number of rotatable bonds is 6. The number of alkyl carbamates (subject to hydrolysis) is 1. The van der Waals surface area contributed by atoms with Crippen LogP contribution < -0.4 is 5.32 Å². The van der Waals surface area contributed by atoms with Gasteiger partial charge in [-0.3, -0.25) is 5.10 Å². The lowest BCUT2D eigenvalue weighted by Gasteiger charge is -2.16. The first-order valence-electron chi connectivity index (χ1n) is 8.46. The third kappa shape index (κ3) is 8.86. The fourth-order valence-corrected chi connectivity index (χ4v) is 2.15. The molecule has 1 amide bonds. The Hall–Kier alpha value is -2.83. The Labute approximate surface area is 153 Å². The summed E-state index contributed by atoms with van der Waals surface area (Å²) in [5, 5.41) is 18.1. The summed E-state index contributed by atoms with van der Waals surface area (Å²) in [6.07, 6.45) is -0.340. The zero-order chi connectivity index (χ0) is 19.5. The number of carbonyl (C=O) groups is 2. The van der Waals surface area contributed by atoms with E-state index < -0.39 is 18.1 Å². The molecule has 0 aliphatic carbocycles. The molecule has 0 radical (unpaired) electrons. The summed E-state index contributed by atoms with van der Waals surface area (Å²) in [4.78, 5) is 22.5. The van der Waals surface area contributed by atoms with Crippen LogP contribution in [0.5, 0.6) is 0 Å². The Morgan fingerprint density at radius 1 is 1.23 bits per heavy atom. The summed E-state index contributed by atoms with van der Waals surface area (Å²) in [6.45, 7) is 7.87. The van der Waals surface area contributed by atoms with Crippen LogP contribution in [-0.4, -0.2) is 33.4 Å². The number of nitrogens with one attached hydrogen (secondary N) is 2. The number of nitrogens with zero attached hydrogens (tertiary/aromatic N) is 1. The van der Waals surface area contributed by atoms with E-state index in [4.69, 9.17) is 9.84 Å². The Bertz CT molecular complexity index is 667. The second-order valence-corrected chi connectivity index (χ2v) is 6.42. The molecule has 0 fully saturated rings. The number of aryl methyl sites for hydroxylation is 2. The molecule has 26 heavy (non-hydrogen) atoms. The van der Waals surface area contributed by atoms with Crippen molar-refractivity contribution < 1.29 is 19.4 Å². The lowest BCUT2D eigenvalue weighted by Crippen LogP contribution is -2.41. The van der Waals surface area contributed by atoms with Gasteiger partial charge < -0.3 is 15.2 Å². The van der Waals surface area contributed by atoms with E-state index in [2.05, 4.69) is 15.5 Å². The Balaban J connectivity index is 0.000000401. The summed E-state index contributed by atoms with van der Waals surface area (Å²) >= 11 is 0. The lowest BCUT2D eigenvalue weighted by atomic mass is 10.0. The molecule has 0 aliphatic heterocycles. The fraction of sp³-hybridized carbons (Fsp3) is 0.421. The molecule has 1 atom stereocenters. The zero-order valence-corrected chi connectivity index (χ0v) is 15.7. The van der Waals surface area contributed by atoms with Crippen molar-refractivity contribution in [3.63, 3.8) is 0 Å². The van der Waals surface area contributed by atoms with Crippen LogP contribution in [0.3, 0.4) is 0 Å². The molecular weight excluding hydrogens is 334 g/mol. The van der Waals surface area contributed by atoms with Gasteiger partial charge in [0.05, 0.1) is 5.69 Å². The summed E-state index contributed by atoms with van der Waals surface area (Å²) in [5.41, 5.74) is 3.03. The number of aliphatic carboxylic acids is 1. The van der Waals surface area contributed by atoms with Crippen molar-refractivity contribution in [2.24, 2.45) is 5.92 Å². The molecule has 0 unspecified atom stereocenters. The van der Waals surface area contributed by atoms with Crippen molar-refractivity contribution in [2.75, 3.05) is 0 Å². The number of hydrogen-bond acceptors (Lipinski definition) is 4. The van der Waals surface area contributed by atoms with Gasteiger partial charge in [0.25, 0.3) is 0 Å². The first kappa shape index (κ1) is 21.2. The number of aromatic amines is 1. The highest BCUT2D eigenvalue weighted by Gasteiger charge is 2.21. The van der Waals surface area contributed by atoms with Crippen LogP contribution in [0.2, 0.25) is 0 Å². The maximum Gasteiger partial charge on any atom is 0.408 e. The molecule has 0 aliphatic rings. The van der Waals surface area contributed by atoms with Crippen molar-refractivity contribution in [1.29, 1.82) is 0 Å². The normalized spacial score (nSPS) is 11.3. The third-order valence-corrected chi connectivity index (χ3v) is 3.34. The smallest absolute Gasteiger partial charge is 0.408 e. The standard InChI is InChI=1S/C14H19NO4.C5H8N2/c1-10(2)8-12(13(16)17)15-14(18)19-9-11-6-4-3-5-7-11;1-4-3-5(2)7-6-4/h3-7,10,12H,8-9H2,1-2H3,(H,15,18)(H,16,17);3H,1-2H3,(H,6,7)/t12-;/m0./s1. The third-order valence-electron chi connectivity index (χ3n) is 3.34. The van der Waals surface area contributed by atoms with E-state index in [1.54, 1.807) is 0 Å². The van der Waals surface area contributed by atoms with Crippen molar-refractivity contribution in [2.45, 2.75) is 46.8 Å². The summed E-state index contributed by atoms with van der Waals surface area (Å²) in [7, 11) is 0. The highest BCUT2D eigenvalue weighted by atomic mass is 16.5. The maximum absolute atomic E-state index is 11.5. The average Bonchev–Trinajstić information content (AvgIpc) is 2.96. The molecule has 1 aromatic heterocycles. The van der Waals surface area contributed by atoms with Gasteiger partial charge in [-0.2, -0.15) is 5.10 Å². The molecule has 0 spiro atoms. The van der Waals surface area contributed by atoms with E-state index >= 15 is 0 Å². The molecule has 0 saturated heterocycles. The van der Waals surface area contributed by atoms with Gasteiger partial charge in [-0.05, 0) is 37.8 Å². The molecule has 0 saturated carbocycles. The van der Waals surface area contributed by atoms with Gasteiger partial charge in [0.1, 0.15) is 12.6 Å². The van der Waals surface area contributed by atoms with Crippen molar-refractivity contribution in [1.82, 2.24) is 15.5 Å². The quantitative estimate of drug-likeness (QED) is 0.731. The van der Waals surface area contributed by atoms with Gasteiger partial charge in [-0.25, -0.2) is 9.59 Å². The number of carbonyl (C=O) groups excluding carboxylic acids is 1. The molecule has 7 nitrogen and oxygen atoms in total. The second kappa shape index (κ2) is 10.9. The molecule has 1 aromatic carbocycles. The Kier molecular flexibility index (Phi) is 8.91. The minimum atomic E-state index is -1.05. The SMILES string of the molecule is CC(C)C[C@H](NC(=O)OCc1ccccc1)C(=O)O.Cc1cc(C)[nH]n1. The van der Waals surface area contributed by atoms with Crippen LogP contribution in [0.4, 0.5) is 4.79 Å². The Morgan fingerprint density at radius 2 is 1.88 bits per heavy atom. The first-order chi connectivity index (χ1) is 12.3. The molecule has 0 bridgehead atoms. The van der Waals surface area contributed by atoms with Crippen molar-refractivity contribution in [3.8, 4) is 0 Å². The molecule has 2 aromatic rings. The van der Waals surface area contributed by atoms with E-state index in [1.807, 2.05) is 64.1 Å². The highest BCUT2D eigenvalue weighted by Crippen LogP contribution is 2.06. The molecule has 1 heterocycles. The topological polar surface area (TPSA) is 104 Å². The summed E-state index contributed by atoms with van der Waals surface area (Å²) < 4.78 is 4.98. The van der Waals surface area contributed by atoms with Gasteiger partial charge in [0.15, 0.2) is 0 Å². The minimum Gasteiger partial charge on any atom is -0.480 e. The summed E-state index contributed by atoms with van der Waals surface area (Å²) in [5.74, 6) is -0.874. The number of aromatic nitrogens is 2. The number of benzene rings is 1. The number of H-pyrrole nitrogens is 1. The number of hydrogen-bond donors (Lipinski definition) is 3. The minimum absolute atomic E-state index is 0.126. The maximum atomic E-state index is 11.5. The van der Waals surface area contributed by atoms with Crippen molar-refractivity contribution >= 4 is 12.1 Å². The molecule has 142 valence electrons. The second-order valence-electron chi connectivity index (χ2n) is 6.42. The van der Waals surface area contributed by atoms with Crippen LogP contribution in [0.25, 0.3) is 0 Å². The lowest BCUT2D eigenvalue weighted by molar-refractivity contribution is -0.139. The zero-order valence-electron chi connectivity index (χ0n) is 15.7. The number of carboxylic acid groups (broad SMARTS) is 1. The number of amides is 1. The monoisotopic (exact) mass is 361 g/mol. The summed E-state index contributed by atoms with van der Waals surface area (Å²) in [6, 6.07) is 10.3. The van der Waals surface area contributed by atoms with Gasteiger partial charge >= 0.3 is 12.1 Å². The molecular formula is C19H27N3O4. The van der Waals surface area contributed by atoms with E-state index in [-0.39, 0.29) is 12.5 Å². The number of carboxylic acids is 1. The fourth-order valence-electron chi connectivity index (χ4n) is 2.15. The van der Waals surface area contributed by atoms with E-state index in [0.717, 1.165) is 17.0 Å². The molecule has 3 N–H and O–H groups in total. The van der Waals surface area contributed by atoms with Crippen LogP contribution in [0.15, 0.2) is 36.4 Å². The van der Waals surface area contributed by atoms with Gasteiger partial charge in [-0.15, -0.1) is 0 Å². The van der Waals surface area contributed by atoms with E-state index in [0.29, 0.717) is 6.42 Å². The van der Waals surface area contributed by atoms with Gasteiger partial charge in [0, 0.05) is 5.69 Å². The van der Waals surface area contributed by atoms with E-state index in [9.17, 15) is 9.59 Å². The van der Waals surface area contributed by atoms with Crippen LogP contribution in [-0.2, 0) is 16.1 Å². The number of ether oxygens (including phenoxy) is 1. The van der Waals surface area contributed by atoms with Crippen LogP contribution in [0, 0.1) is 19.8 Å². The first-order valence-corrected chi connectivity index (χ1v) is 8.46. The largest absolute Gasteiger partial charge is 0.480 e. The predicted octanol–water partition coefficient (Wildman–Crippen LogP) is 3.44. The van der Waals surface area contributed by atoms with Crippen LogP contribution >= 0.6 is 0 Å². The van der Waals surface area contributed by atoms with Crippen LogP contribution in [0.1, 0.15) is 37.2 Å².